The number of hydrogen-bond donors (Lipinski definition) is 1. The monoisotopic (exact) mass is 449 g/mol. The molecule has 1 atom stereocenters. The average Bonchev–Trinajstić information content (AvgIpc) is 3.49. The third-order valence-corrected chi connectivity index (χ3v) is 7.48. The number of rotatable bonds is 4. The Kier molecular flexibility index (Phi) is 5.91. The molecule has 4 heterocycles. The van der Waals surface area contributed by atoms with Gasteiger partial charge in [-0.25, -0.2) is 0 Å². The minimum atomic E-state index is -0.222. The van der Waals surface area contributed by atoms with Crippen molar-refractivity contribution in [2.45, 2.75) is 45.1 Å². The van der Waals surface area contributed by atoms with Gasteiger partial charge in [0.2, 0.25) is 11.8 Å². The highest BCUT2D eigenvalue weighted by atomic mass is 16.2. The highest BCUT2D eigenvalue weighted by Crippen LogP contribution is 2.32. The largest absolute Gasteiger partial charge is 0.342 e. The Labute approximate surface area is 193 Å². The number of hydrogen-bond acceptors (Lipinski definition) is 4. The van der Waals surface area contributed by atoms with Crippen LogP contribution in [0.5, 0.6) is 0 Å². The molecule has 0 bridgehead atoms. The molecule has 8 heteroatoms. The van der Waals surface area contributed by atoms with Crippen LogP contribution in [0.4, 0.5) is 0 Å². The Bertz CT molecular complexity index is 1060. The lowest BCUT2D eigenvalue weighted by atomic mass is 9.90. The Morgan fingerprint density at radius 1 is 1.09 bits per heavy atom. The van der Waals surface area contributed by atoms with Crippen molar-refractivity contribution in [1.82, 2.24) is 24.9 Å². The first-order chi connectivity index (χ1) is 16.0. The van der Waals surface area contributed by atoms with Crippen molar-refractivity contribution >= 4 is 17.7 Å². The third kappa shape index (κ3) is 4.14. The van der Waals surface area contributed by atoms with Gasteiger partial charge in [-0.2, -0.15) is 5.10 Å². The second-order valence-corrected chi connectivity index (χ2v) is 9.38. The van der Waals surface area contributed by atoms with E-state index in [4.69, 9.17) is 0 Å². The lowest BCUT2D eigenvalue weighted by molar-refractivity contribution is -0.136. The van der Waals surface area contributed by atoms with E-state index in [2.05, 4.69) is 22.3 Å². The van der Waals surface area contributed by atoms with E-state index in [0.717, 1.165) is 25.0 Å². The molecule has 0 spiro atoms. The molecule has 1 aromatic heterocycles. The first kappa shape index (κ1) is 21.7. The number of carbonyl (C=O) groups excluding carboxylic acids is 3. The minimum absolute atomic E-state index is 0.0240. The third-order valence-electron chi connectivity index (χ3n) is 7.48. The lowest BCUT2D eigenvalue weighted by Gasteiger charge is -2.34. The van der Waals surface area contributed by atoms with Crippen molar-refractivity contribution in [2.24, 2.45) is 5.92 Å². The molecule has 8 nitrogen and oxygen atoms in total. The zero-order chi connectivity index (χ0) is 22.9. The van der Waals surface area contributed by atoms with E-state index in [1.807, 2.05) is 28.9 Å². The maximum atomic E-state index is 13.3. The smallest absolute Gasteiger partial charge is 0.257 e. The van der Waals surface area contributed by atoms with Crippen LogP contribution in [0.2, 0.25) is 0 Å². The number of nitrogens with zero attached hydrogens (tertiary/aromatic N) is 4. The summed E-state index contributed by atoms with van der Waals surface area (Å²) in [6, 6.07) is 8.30. The molecule has 5 rings (SSSR count). The van der Waals surface area contributed by atoms with E-state index in [1.165, 1.54) is 11.1 Å². The number of amides is 3. The molecule has 3 aliphatic heterocycles. The van der Waals surface area contributed by atoms with Crippen LogP contribution >= 0.6 is 0 Å². The van der Waals surface area contributed by atoms with Gasteiger partial charge in [0.05, 0.1) is 23.4 Å². The fourth-order valence-electron chi connectivity index (χ4n) is 5.51. The molecule has 2 fully saturated rings. The average molecular weight is 450 g/mol. The summed E-state index contributed by atoms with van der Waals surface area (Å²) in [5, 5.41) is 7.29. The van der Waals surface area contributed by atoms with Gasteiger partial charge in [-0.3, -0.25) is 19.5 Å². The number of aromatic amines is 1. The van der Waals surface area contributed by atoms with Gasteiger partial charge in [-0.05, 0) is 37.3 Å². The molecule has 3 aliphatic rings. The van der Waals surface area contributed by atoms with Gasteiger partial charge < -0.3 is 14.7 Å². The molecule has 3 amide bonds. The highest BCUT2D eigenvalue weighted by Gasteiger charge is 2.37. The molecule has 1 aromatic carbocycles. The van der Waals surface area contributed by atoms with Crippen molar-refractivity contribution in [3.8, 4) is 0 Å². The van der Waals surface area contributed by atoms with Crippen molar-refractivity contribution < 1.29 is 14.4 Å². The lowest BCUT2D eigenvalue weighted by Crippen LogP contribution is -2.42. The molecule has 174 valence electrons. The summed E-state index contributed by atoms with van der Waals surface area (Å²) >= 11 is 0. The summed E-state index contributed by atoms with van der Waals surface area (Å²) in [6.07, 6.45) is 4.42. The first-order valence-corrected chi connectivity index (χ1v) is 12.0. The molecule has 0 unspecified atom stereocenters. The van der Waals surface area contributed by atoms with E-state index in [-0.39, 0.29) is 29.6 Å². The Morgan fingerprint density at radius 2 is 1.85 bits per heavy atom. The van der Waals surface area contributed by atoms with Gasteiger partial charge in [0.1, 0.15) is 0 Å². The quantitative estimate of drug-likeness (QED) is 0.775. The molecule has 1 N–H and O–H groups in total. The number of carbonyl (C=O) groups is 3. The zero-order valence-electron chi connectivity index (χ0n) is 19.1. The topological polar surface area (TPSA) is 89.6 Å². The molecule has 0 saturated carbocycles. The molecule has 0 radical (unpaired) electrons. The number of H-pyrrole nitrogens is 1. The van der Waals surface area contributed by atoms with Gasteiger partial charge in [0.15, 0.2) is 0 Å². The van der Waals surface area contributed by atoms with Crippen molar-refractivity contribution in [1.29, 1.82) is 0 Å². The minimum Gasteiger partial charge on any atom is -0.342 e. The first-order valence-electron chi connectivity index (χ1n) is 12.0. The van der Waals surface area contributed by atoms with Crippen molar-refractivity contribution in [2.75, 3.05) is 32.7 Å². The van der Waals surface area contributed by atoms with Crippen LogP contribution in [0.1, 0.15) is 59.3 Å². The van der Waals surface area contributed by atoms with Crippen molar-refractivity contribution in [3.63, 3.8) is 0 Å². The van der Waals surface area contributed by atoms with Crippen LogP contribution in [0.25, 0.3) is 0 Å². The Hall–Kier alpha value is -3.16. The van der Waals surface area contributed by atoms with E-state index in [9.17, 15) is 14.4 Å². The second-order valence-electron chi connectivity index (χ2n) is 9.38. The second kappa shape index (κ2) is 9.00. The van der Waals surface area contributed by atoms with Crippen LogP contribution in [0.3, 0.4) is 0 Å². The molecule has 2 saturated heterocycles. The predicted molar refractivity (Wildman–Crippen MR) is 122 cm³/mol. The summed E-state index contributed by atoms with van der Waals surface area (Å²) < 4.78 is 0. The molecule has 2 aromatic rings. The molecular weight excluding hydrogens is 418 g/mol. The maximum Gasteiger partial charge on any atom is 0.257 e. The number of likely N-dealkylation sites (tertiary alicyclic amines) is 2. The van der Waals surface area contributed by atoms with Crippen LogP contribution in [-0.2, 0) is 22.6 Å². The standard InChI is InChI=1S/C25H31N5O3/c1-2-28-16-20(13-22(28)31)24(32)29-10-8-18(9-11-29)23-21(14-26-27-23)25(33)30-12-7-17-5-3-4-6-19(17)15-30/h3-6,14,18,20H,2,7-13,15-16H2,1H3,(H,26,27)/t20-/m0/s1. The van der Waals surface area contributed by atoms with Crippen LogP contribution in [0, 0.1) is 5.92 Å². The number of benzene rings is 1. The van der Waals surface area contributed by atoms with E-state index in [0.29, 0.717) is 51.3 Å². The van der Waals surface area contributed by atoms with E-state index >= 15 is 0 Å². The summed E-state index contributed by atoms with van der Waals surface area (Å²) in [7, 11) is 0. The number of fused-ring (bicyclic) bond motifs is 1. The Morgan fingerprint density at radius 3 is 2.58 bits per heavy atom. The fourth-order valence-corrected chi connectivity index (χ4v) is 5.51. The summed E-state index contributed by atoms with van der Waals surface area (Å²) in [5.41, 5.74) is 4.07. The molecule has 0 aliphatic carbocycles. The summed E-state index contributed by atoms with van der Waals surface area (Å²) in [6.45, 7) is 5.76. The van der Waals surface area contributed by atoms with Gasteiger partial charge in [0.25, 0.3) is 5.91 Å². The Balaban J connectivity index is 1.21. The van der Waals surface area contributed by atoms with E-state index in [1.54, 1.807) is 11.1 Å². The molecule has 33 heavy (non-hydrogen) atoms. The van der Waals surface area contributed by atoms with Crippen LogP contribution < -0.4 is 0 Å². The number of nitrogens with one attached hydrogen (secondary N) is 1. The maximum absolute atomic E-state index is 13.3. The van der Waals surface area contributed by atoms with E-state index < -0.39 is 0 Å². The summed E-state index contributed by atoms with van der Waals surface area (Å²) in [4.78, 5) is 43.9. The summed E-state index contributed by atoms with van der Waals surface area (Å²) in [5.74, 6) is 0.137. The number of piperidine rings is 1. The van der Waals surface area contributed by atoms with Gasteiger partial charge in [-0.1, -0.05) is 24.3 Å². The van der Waals surface area contributed by atoms with Gasteiger partial charge in [0, 0.05) is 51.6 Å². The number of aromatic nitrogens is 2. The molecular formula is C25H31N5O3. The normalized spacial score (nSPS) is 21.4. The van der Waals surface area contributed by atoms with Crippen LogP contribution in [-0.4, -0.2) is 75.3 Å². The van der Waals surface area contributed by atoms with Gasteiger partial charge >= 0.3 is 0 Å². The van der Waals surface area contributed by atoms with Crippen molar-refractivity contribution in [3.05, 3.63) is 52.8 Å². The SMILES string of the molecule is CCN1C[C@@H](C(=O)N2CCC(c3[nH]ncc3C(=O)N3CCc4ccccc4C3)CC2)CC1=O. The van der Waals surface area contributed by atoms with Crippen LogP contribution in [0.15, 0.2) is 30.5 Å². The van der Waals surface area contributed by atoms with Gasteiger partial charge in [-0.15, -0.1) is 0 Å². The highest BCUT2D eigenvalue weighted by molar-refractivity contribution is 5.95. The zero-order valence-corrected chi connectivity index (χ0v) is 19.1. The predicted octanol–water partition coefficient (Wildman–Crippen LogP) is 2.18. The fraction of sp³-hybridized carbons (Fsp3) is 0.520.